The molecule has 0 unspecified atom stereocenters. The number of hydrogen-bond acceptors (Lipinski definition) is 1. The molecule has 0 atom stereocenters. The monoisotopic (exact) mass is 333 g/mol. The zero-order valence-electron chi connectivity index (χ0n) is 7.49. The molecule has 0 aliphatic rings. The van der Waals surface area contributed by atoms with Crippen molar-refractivity contribution in [3.8, 4) is 0 Å². The Hall–Kier alpha value is -0.840. The summed E-state index contributed by atoms with van der Waals surface area (Å²) in [4.78, 5) is 2.59. The van der Waals surface area contributed by atoms with Crippen molar-refractivity contribution in [3.05, 3.63) is 49.0 Å². The van der Waals surface area contributed by atoms with Crippen molar-refractivity contribution in [3.63, 3.8) is 0 Å². The van der Waals surface area contributed by atoms with Crippen molar-refractivity contribution in [1.29, 1.82) is 0 Å². The Morgan fingerprint density at radius 1 is 1.47 bits per heavy atom. The largest absolute Gasteiger partial charge is 0.206 e. The highest BCUT2D eigenvalue weighted by atomic mass is 79.9. The zero-order valence-corrected chi connectivity index (χ0v) is 10.7. The van der Waals surface area contributed by atoms with Gasteiger partial charge in [-0.05, 0) is 17.7 Å². The van der Waals surface area contributed by atoms with E-state index < -0.39 is 0 Å². The van der Waals surface area contributed by atoms with Crippen LogP contribution in [0.5, 0.6) is 0 Å². The standard InChI is InChI=1S/C9H6Br2FN3/c10-6-4-8(11)7(9(12)5-6)2-1-3-14-15-13/h1-2,4-5H,3H2. The smallest absolute Gasteiger partial charge is 0.132 e. The van der Waals surface area contributed by atoms with Crippen LogP contribution in [0, 0.1) is 5.82 Å². The van der Waals surface area contributed by atoms with E-state index in [4.69, 9.17) is 5.53 Å². The summed E-state index contributed by atoms with van der Waals surface area (Å²) >= 11 is 6.42. The third-order valence-electron chi connectivity index (χ3n) is 1.58. The predicted molar refractivity (Wildman–Crippen MR) is 64.8 cm³/mol. The number of benzene rings is 1. The van der Waals surface area contributed by atoms with Gasteiger partial charge in [0, 0.05) is 26.0 Å². The average molecular weight is 335 g/mol. The SMILES string of the molecule is [N-]=[N+]=NCC=Cc1c(F)cc(Br)cc1Br. The first-order valence-electron chi connectivity index (χ1n) is 3.97. The van der Waals surface area contributed by atoms with E-state index in [2.05, 4.69) is 41.9 Å². The normalized spacial score (nSPS) is 10.3. The molecule has 15 heavy (non-hydrogen) atoms. The number of nitrogens with zero attached hydrogens (tertiary/aromatic N) is 3. The van der Waals surface area contributed by atoms with Gasteiger partial charge in [-0.3, -0.25) is 0 Å². The quantitative estimate of drug-likeness (QED) is 0.438. The first-order valence-corrected chi connectivity index (χ1v) is 5.55. The molecule has 6 heteroatoms. The van der Waals surface area contributed by atoms with Gasteiger partial charge < -0.3 is 0 Å². The minimum atomic E-state index is -0.339. The molecular formula is C9H6Br2FN3. The van der Waals surface area contributed by atoms with E-state index in [-0.39, 0.29) is 12.4 Å². The molecule has 0 heterocycles. The summed E-state index contributed by atoms with van der Waals surface area (Å²) in [6.07, 6.45) is 3.16. The van der Waals surface area contributed by atoms with E-state index in [1.165, 1.54) is 6.07 Å². The van der Waals surface area contributed by atoms with Crippen molar-refractivity contribution in [2.24, 2.45) is 5.11 Å². The molecule has 0 bridgehead atoms. The van der Waals surface area contributed by atoms with Crippen LogP contribution in [0.1, 0.15) is 5.56 Å². The zero-order chi connectivity index (χ0) is 11.3. The topological polar surface area (TPSA) is 48.8 Å². The fourth-order valence-corrected chi connectivity index (χ4v) is 2.27. The molecule has 0 saturated heterocycles. The van der Waals surface area contributed by atoms with Gasteiger partial charge in [-0.1, -0.05) is 49.1 Å². The summed E-state index contributed by atoms with van der Waals surface area (Å²) in [5, 5.41) is 3.31. The fraction of sp³-hybridized carbons (Fsp3) is 0.111. The van der Waals surface area contributed by atoms with Crippen LogP contribution < -0.4 is 0 Å². The first kappa shape index (κ1) is 12.2. The van der Waals surface area contributed by atoms with Crippen LogP contribution in [0.15, 0.2) is 32.3 Å². The maximum atomic E-state index is 13.4. The molecule has 0 aliphatic heterocycles. The van der Waals surface area contributed by atoms with Gasteiger partial charge in [0.05, 0.1) is 0 Å². The molecule has 3 nitrogen and oxygen atoms in total. The van der Waals surface area contributed by atoms with Crippen LogP contribution in [0.25, 0.3) is 16.5 Å². The minimum absolute atomic E-state index is 0.207. The molecule has 0 fully saturated rings. The van der Waals surface area contributed by atoms with Crippen LogP contribution in [-0.2, 0) is 0 Å². The molecule has 0 aliphatic carbocycles. The van der Waals surface area contributed by atoms with E-state index >= 15 is 0 Å². The minimum Gasteiger partial charge on any atom is -0.206 e. The summed E-state index contributed by atoms with van der Waals surface area (Å²) in [5.41, 5.74) is 8.48. The fourth-order valence-electron chi connectivity index (χ4n) is 0.967. The Morgan fingerprint density at radius 2 is 2.20 bits per heavy atom. The maximum Gasteiger partial charge on any atom is 0.132 e. The molecule has 1 aromatic rings. The van der Waals surface area contributed by atoms with E-state index in [1.54, 1.807) is 18.2 Å². The lowest BCUT2D eigenvalue weighted by atomic mass is 10.2. The molecule has 0 aromatic heterocycles. The average Bonchev–Trinajstić information content (AvgIpc) is 2.15. The predicted octanol–water partition coefficient (Wildman–Crippen LogP) is 4.67. The molecular weight excluding hydrogens is 329 g/mol. The van der Waals surface area contributed by atoms with Crippen LogP contribution in [0.4, 0.5) is 4.39 Å². The van der Waals surface area contributed by atoms with Gasteiger partial charge in [-0.2, -0.15) is 0 Å². The lowest BCUT2D eigenvalue weighted by molar-refractivity contribution is 0.623. The van der Waals surface area contributed by atoms with Gasteiger partial charge in [0.15, 0.2) is 0 Å². The van der Waals surface area contributed by atoms with Crippen molar-refractivity contribution < 1.29 is 4.39 Å². The number of halogens is 3. The van der Waals surface area contributed by atoms with Crippen LogP contribution in [0.2, 0.25) is 0 Å². The maximum absolute atomic E-state index is 13.4. The van der Waals surface area contributed by atoms with Crippen LogP contribution in [-0.4, -0.2) is 6.54 Å². The highest BCUT2D eigenvalue weighted by Gasteiger charge is 2.04. The summed E-state index contributed by atoms with van der Waals surface area (Å²) in [7, 11) is 0. The van der Waals surface area contributed by atoms with Gasteiger partial charge in [-0.15, -0.1) is 0 Å². The third kappa shape index (κ3) is 3.66. The highest BCUT2D eigenvalue weighted by molar-refractivity contribution is 9.11. The van der Waals surface area contributed by atoms with E-state index in [0.717, 1.165) is 0 Å². The van der Waals surface area contributed by atoms with Gasteiger partial charge in [-0.25, -0.2) is 4.39 Å². The molecule has 0 N–H and O–H groups in total. The van der Waals surface area contributed by atoms with Gasteiger partial charge >= 0.3 is 0 Å². The molecule has 1 aromatic carbocycles. The van der Waals surface area contributed by atoms with Crippen molar-refractivity contribution in [2.75, 3.05) is 6.54 Å². The first-order chi connectivity index (χ1) is 7.15. The summed E-state index contributed by atoms with van der Waals surface area (Å²) in [6.45, 7) is 0.207. The number of azide groups is 1. The Bertz CT molecular complexity index is 416. The van der Waals surface area contributed by atoms with Crippen LogP contribution >= 0.6 is 31.9 Å². The van der Waals surface area contributed by atoms with Gasteiger partial charge in [0.2, 0.25) is 0 Å². The van der Waals surface area contributed by atoms with E-state index in [0.29, 0.717) is 14.5 Å². The van der Waals surface area contributed by atoms with E-state index in [9.17, 15) is 4.39 Å². The number of rotatable bonds is 3. The molecule has 1 rings (SSSR count). The van der Waals surface area contributed by atoms with Gasteiger partial charge in [0.1, 0.15) is 5.82 Å². The summed E-state index contributed by atoms with van der Waals surface area (Å²) < 4.78 is 14.7. The molecule has 0 radical (unpaired) electrons. The molecule has 0 amide bonds. The molecule has 78 valence electrons. The molecule has 0 spiro atoms. The second-order valence-electron chi connectivity index (χ2n) is 2.60. The lowest BCUT2D eigenvalue weighted by Gasteiger charge is -2.01. The number of hydrogen-bond donors (Lipinski definition) is 0. The Kier molecular flexibility index (Phi) is 4.81. The highest BCUT2D eigenvalue weighted by Crippen LogP contribution is 2.26. The second-order valence-corrected chi connectivity index (χ2v) is 4.37. The third-order valence-corrected chi connectivity index (χ3v) is 2.69. The van der Waals surface area contributed by atoms with Crippen LogP contribution in [0.3, 0.4) is 0 Å². The lowest BCUT2D eigenvalue weighted by Crippen LogP contribution is -1.84. The van der Waals surface area contributed by atoms with Crippen molar-refractivity contribution >= 4 is 37.9 Å². The van der Waals surface area contributed by atoms with Gasteiger partial charge in [0.25, 0.3) is 0 Å². The van der Waals surface area contributed by atoms with E-state index in [1.807, 2.05) is 0 Å². The second kappa shape index (κ2) is 5.90. The van der Waals surface area contributed by atoms with Crippen molar-refractivity contribution in [1.82, 2.24) is 0 Å². The van der Waals surface area contributed by atoms with Crippen molar-refractivity contribution in [2.45, 2.75) is 0 Å². The Morgan fingerprint density at radius 3 is 2.80 bits per heavy atom. The Labute approximate surface area is 103 Å². The molecule has 0 saturated carbocycles. The summed E-state index contributed by atoms with van der Waals surface area (Å²) in [5.74, 6) is -0.339. The Balaban J connectivity index is 2.94. The summed E-state index contributed by atoms with van der Waals surface area (Å²) in [6, 6.07) is 3.12.